The largest absolute Gasteiger partial charge is 0.102 e. The average molecular weight is 174 g/mol. The van der Waals surface area contributed by atoms with Crippen LogP contribution in [0.3, 0.4) is 0 Å². The third kappa shape index (κ3) is 5.00. The Balaban J connectivity index is 3.34. The highest BCUT2D eigenvalue weighted by molar-refractivity contribution is 8.77. The van der Waals surface area contributed by atoms with Crippen molar-refractivity contribution in [2.24, 2.45) is 0 Å². The van der Waals surface area contributed by atoms with Gasteiger partial charge in [0.15, 0.2) is 0 Å². The standard InChI is InChI=1S/C8H14S2/c1-5-7(3)9-10-8(4)6-2/h5-8H,1-2H2,3-4H3. The third-order valence-corrected chi connectivity index (χ3v) is 4.28. The lowest BCUT2D eigenvalue weighted by Crippen LogP contribution is -1.90. The maximum Gasteiger partial charge on any atom is 0.0300 e. The first-order valence-electron chi connectivity index (χ1n) is 3.28. The van der Waals surface area contributed by atoms with E-state index in [0.717, 1.165) is 0 Å². The first-order chi connectivity index (χ1) is 4.70. The summed E-state index contributed by atoms with van der Waals surface area (Å²) in [6.45, 7) is 11.7. The molecule has 2 heteroatoms. The van der Waals surface area contributed by atoms with Gasteiger partial charge in [-0.15, -0.1) is 13.2 Å². The molecule has 10 heavy (non-hydrogen) atoms. The maximum absolute atomic E-state index is 3.70. The van der Waals surface area contributed by atoms with Crippen LogP contribution in [-0.2, 0) is 0 Å². The summed E-state index contributed by atoms with van der Waals surface area (Å²) in [5.41, 5.74) is 0. The summed E-state index contributed by atoms with van der Waals surface area (Å²) in [6.07, 6.45) is 3.90. The van der Waals surface area contributed by atoms with Crippen molar-refractivity contribution < 1.29 is 0 Å². The Kier molecular flexibility index (Phi) is 6.03. The molecular weight excluding hydrogens is 160 g/mol. The van der Waals surface area contributed by atoms with Gasteiger partial charge in [-0.3, -0.25) is 0 Å². The molecule has 0 rings (SSSR count). The van der Waals surface area contributed by atoms with E-state index in [9.17, 15) is 0 Å². The van der Waals surface area contributed by atoms with Gasteiger partial charge in [-0.05, 0) is 13.8 Å². The van der Waals surface area contributed by atoms with E-state index in [0.29, 0.717) is 10.5 Å². The van der Waals surface area contributed by atoms with Crippen LogP contribution < -0.4 is 0 Å². The van der Waals surface area contributed by atoms with E-state index in [1.54, 1.807) is 0 Å². The molecule has 0 heterocycles. The second-order valence-electron chi connectivity index (χ2n) is 2.07. The van der Waals surface area contributed by atoms with Crippen LogP contribution in [0, 0.1) is 0 Å². The summed E-state index contributed by atoms with van der Waals surface area (Å²) in [6, 6.07) is 0. The maximum atomic E-state index is 3.70. The molecule has 2 unspecified atom stereocenters. The molecule has 0 N–H and O–H groups in total. The zero-order chi connectivity index (χ0) is 7.98. The summed E-state index contributed by atoms with van der Waals surface area (Å²) in [5.74, 6) is 0. The van der Waals surface area contributed by atoms with Crippen LogP contribution in [0.25, 0.3) is 0 Å². The quantitative estimate of drug-likeness (QED) is 0.462. The van der Waals surface area contributed by atoms with Gasteiger partial charge in [0, 0.05) is 10.5 Å². The molecule has 0 saturated heterocycles. The average Bonchev–Trinajstić information content (AvgIpc) is 1.99. The summed E-state index contributed by atoms with van der Waals surface area (Å²) in [7, 11) is 3.67. The molecule has 0 aliphatic heterocycles. The van der Waals surface area contributed by atoms with E-state index >= 15 is 0 Å². The Hall–Kier alpha value is 0.180. The fraction of sp³-hybridized carbons (Fsp3) is 0.500. The second kappa shape index (κ2) is 5.93. The van der Waals surface area contributed by atoms with Gasteiger partial charge in [-0.2, -0.15) is 0 Å². The molecule has 0 spiro atoms. The minimum Gasteiger partial charge on any atom is -0.102 e. The van der Waals surface area contributed by atoms with Crippen LogP contribution in [0.2, 0.25) is 0 Å². The zero-order valence-corrected chi connectivity index (χ0v) is 8.17. The number of hydrogen-bond acceptors (Lipinski definition) is 2. The van der Waals surface area contributed by atoms with Crippen LogP contribution in [-0.4, -0.2) is 10.5 Å². The van der Waals surface area contributed by atoms with Crippen LogP contribution in [0.5, 0.6) is 0 Å². The monoisotopic (exact) mass is 174 g/mol. The molecule has 0 aromatic heterocycles. The summed E-state index contributed by atoms with van der Waals surface area (Å²) in [5, 5.41) is 1.07. The van der Waals surface area contributed by atoms with Crippen molar-refractivity contribution >= 4 is 21.6 Å². The van der Waals surface area contributed by atoms with Crippen molar-refractivity contribution in [3.8, 4) is 0 Å². The van der Waals surface area contributed by atoms with E-state index < -0.39 is 0 Å². The van der Waals surface area contributed by atoms with Crippen molar-refractivity contribution in [2.45, 2.75) is 24.3 Å². The predicted octanol–water partition coefficient (Wildman–Crippen LogP) is 3.52. The van der Waals surface area contributed by atoms with Crippen molar-refractivity contribution in [3.63, 3.8) is 0 Å². The molecule has 0 bridgehead atoms. The second-order valence-corrected chi connectivity index (χ2v) is 5.10. The fourth-order valence-corrected chi connectivity index (χ4v) is 2.28. The molecule has 0 aliphatic carbocycles. The highest BCUT2D eigenvalue weighted by Crippen LogP contribution is 2.31. The smallest absolute Gasteiger partial charge is 0.0300 e. The van der Waals surface area contributed by atoms with Gasteiger partial charge in [0.1, 0.15) is 0 Å². The van der Waals surface area contributed by atoms with E-state index in [-0.39, 0.29) is 0 Å². The van der Waals surface area contributed by atoms with E-state index in [1.807, 2.05) is 33.7 Å². The van der Waals surface area contributed by atoms with Crippen LogP contribution in [0.4, 0.5) is 0 Å². The van der Waals surface area contributed by atoms with E-state index in [1.165, 1.54) is 0 Å². The van der Waals surface area contributed by atoms with Gasteiger partial charge >= 0.3 is 0 Å². The van der Waals surface area contributed by atoms with Gasteiger partial charge in [-0.1, -0.05) is 33.7 Å². The normalized spacial score (nSPS) is 15.8. The predicted molar refractivity (Wildman–Crippen MR) is 54.5 cm³/mol. The first-order valence-corrected chi connectivity index (χ1v) is 5.55. The first kappa shape index (κ1) is 10.2. The highest BCUT2D eigenvalue weighted by atomic mass is 33.1. The molecule has 0 fully saturated rings. The Labute approximate surface area is 71.6 Å². The molecule has 0 radical (unpaired) electrons. The van der Waals surface area contributed by atoms with Gasteiger partial charge in [-0.25, -0.2) is 0 Å². The molecule has 2 atom stereocenters. The molecule has 0 nitrogen and oxygen atoms in total. The summed E-state index contributed by atoms with van der Waals surface area (Å²) >= 11 is 0. The molecule has 0 aromatic rings. The fourth-order valence-electron chi connectivity index (χ4n) is 0.254. The Morgan fingerprint density at radius 1 is 1.00 bits per heavy atom. The lowest BCUT2D eigenvalue weighted by molar-refractivity contribution is 1.25. The van der Waals surface area contributed by atoms with Gasteiger partial charge < -0.3 is 0 Å². The van der Waals surface area contributed by atoms with Crippen molar-refractivity contribution in [1.29, 1.82) is 0 Å². The lowest BCUT2D eigenvalue weighted by Gasteiger charge is -2.06. The number of rotatable bonds is 5. The van der Waals surface area contributed by atoms with Crippen LogP contribution >= 0.6 is 21.6 Å². The Morgan fingerprint density at radius 2 is 1.30 bits per heavy atom. The van der Waals surface area contributed by atoms with Crippen LogP contribution in [0.1, 0.15) is 13.8 Å². The third-order valence-electron chi connectivity index (χ3n) is 1.02. The van der Waals surface area contributed by atoms with E-state index in [2.05, 4.69) is 27.0 Å². The van der Waals surface area contributed by atoms with Gasteiger partial charge in [0.2, 0.25) is 0 Å². The highest BCUT2D eigenvalue weighted by Gasteiger charge is 2.00. The lowest BCUT2D eigenvalue weighted by atomic mass is 10.5. The number of hydrogen-bond donors (Lipinski definition) is 0. The molecular formula is C8H14S2. The van der Waals surface area contributed by atoms with E-state index in [4.69, 9.17) is 0 Å². The van der Waals surface area contributed by atoms with Crippen LogP contribution in [0.15, 0.2) is 25.3 Å². The topological polar surface area (TPSA) is 0 Å². The summed E-state index contributed by atoms with van der Waals surface area (Å²) in [4.78, 5) is 0. The SMILES string of the molecule is C=CC(C)SSC(C)C=C. The zero-order valence-electron chi connectivity index (χ0n) is 6.54. The van der Waals surface area contributed by atoms with Gasteiger partial charge in [0.05, 0.1) is 0 Å². The minimum absolute atomic E-state index is 0.535. The molecule has 0 saturated carbocycles. The van der Waals surface area contributed by atoms with Crippen molar-refractivity contribution in [2.75, 3.05) is 0 Å². The van der Waals surface area contributed by atoms with Gasteiger partial charge in [0.25, 0.3) is 0 Å². The molecule has 58 valence electrons. The Bertz CT molecular complexity index is 95.8. The van der Waals surface area contributed by atoms with Crippen molar-refractivity contribution in [3.05, 3.63) is 25.3 Å². The molecule has 0 amide bonds. The summed E-state index contributed by atoms with van der Waals surface area (Å²) < 4.78 is 0. The molecule has 0 aromatic carbocycles. The van der Waals surface area contributed by atoms with Crippen molar-refractivity contribution in [1.82, 2.24) is 0 Å². The Morgan fingerprint density at radius 3 is 1.50 bits per heavy atom. The minimum atomic E-state index is 0.535. The molecule has 0 aliphatic rings.